The monoisotopic (exact) mass is 510 g/mol. The third kappa shape index (κ3) is 5.29. The number of hydrogen-bond donors (Lipinski definition) is 1. The molecule has 1 aromatic heterocycles. The molecule has 2 aromatic carbocycles. The van der Waals surface area contributed by atoms with Gasteiger partial charge in [-0.25, -0.2) is 12.7 Å². The van der Waals surface area contributed by atoms with Gasteiger partial charge in [0.2, 0.25) is 21.1 Å². The van der Waals surface area contributed by atoms with Gasteiger partial charge in [0.1, 0.15) is 5.01 Å². The molecule has 168 valence electrons. The van der Waals surface area contributed by atoms with E-state index in [4.69, 9.17) is 23.2 Å². The zero-order chi connectivity index (χ0) is 22.7. The van der Waals surface area contributed by atoms with Gasteiger partial charge in [0.25, 0.3) is 0 Å². The molecule has 0 saturated carbocycles. The molecule has 0 aliphatic carbocycles. The van der Waals surface area contributed by atoms with E-state index in [0.717, 1.165) is 5.56 Å². The highest BCUT2D eigenvalue weighted by Gasteiger charge is 2.33. The van der Waals surface area contributed by atoms with Crippen molar-refractivity contribution in [2.24, 2.45) is 5.92 Å². The van der Waals surface area contributed by atoms with Crippen LogP contribution in [0.25, 0.3) is 10.6 Å². The Morgan fingerprint density at radius 3 is 2.53 bits per heavy atom. The van der Waals surface area contributed by atoms with E-state index in [9.17, 15) is 13.2 Å². The molecule has 1 atom stereocenters. The lowest BCUT2D eigenvalue weighted by molar-refractivity contribution is -0.120. The maximum Gasteiger partial charge on any atom is 0.230 e. The average molecular weight is 511 g/mol. The van der Waals surface area contributed by atoms with Crippen LogP contribution in [-0.4, -0.2) is 41.9 Å². The Morgan fingerprint density at radius 1 is 1.09 bits per heavy atom. The van der Waals surface area contributed by atoms with Gasteiger partial charge in [0.05, 0.1) is 11.7 Å². The smallest absolute Gasteiger partial charge is 0.230 e. The Hall–Kier alpha value is -2.04. The summed E-state index contributed by atoms with van der Waals surface area (Å²) in [6.45, 7) is 0.450. The van der Waals surface area contributed by atoms with E-state index in [1.807, 2.05) is 30.3 Å². The Kier molecular flexibility index (Phi) is 7.11. The highest BCUT2D eigenvalue weighted by molar-refractivity contribution is 7.88. The fourth-order valence-corrected chi connectivity index (χ4v) is 6.65. The van der Waals surface area contributed by atoms with E-state index in [0.29, 0.717) is 45.1 Å². The van der Waals surface area contributed by atoms with Crippen LogP contribution in [0.15, 0.2) is 48.5 Å². The standard InChI is InChI=1S/C21H20Cl2N4O3S2/c22-17-9-4-10-18(23)16(17)13-32(29,30)27-11-5-8-15(12-27)19(28)24-21-26-25-20(31-21)14-6-2-1-3-7-14/h1-4,6-7,9-10,15H,5,8,11-13H2,(H,24,26,28). The SMILES string of the molecule is O=C(Nc1nnc(-c2ccccc2)s1)C1CCCN(S(=O)(=O)Cc2c(Cl)cccc2Cl)C1. The number of carbonyl (C=O) groups excluding carboxylic acids is 1. The summed E-state index contributed by atoms with van der Waals surface area (Å²) in [4.78, 5) is 12.8. The van der Waals surface area contributed by atoms with Crippen LogP contribution in [0, 0.1) is 5.92 Å². The van der Waals surface area contributed by atoms with Crippen molar-refractivity contribution < 1.29 is 13.2 Å². The van der Waals surface area contributed by atoms with Crippen molar-refractivity contribution in [2.45, 2.75) is 18.6 Å². The first-order valence-corrected chi connectivity index (χ1v) is 13.1. The van der Waals surface area contributed by atoms with Crippen molar-refractivity contribution in [3.8, 4) is 10.6 Å². The first-order valence-electron chi connectivity index (χ1n) is 9.94. The minimum Gasteiger partial charge on any atom is -0.300 e. The van der Waals surface area contributed by atoms with Crippen molar-refractivity contribution >= 4 is 55.6 Å². The molecule has 32 heavy (non-hydrogen) atoms. The molecule has 0 radical (unpaired) electrons. The third-order valence-corrected chi connectivity index (χ3v) is 8.58. The fraction of sp³-hybridized carbons (Fsp3) is 0.286. The minimum absolute atomic E-state index is 0.0978. The molecule has 1 saturated heterocycles. The number of halogens is 2. The number of sulfonamides is 1. The molecule has 7 nitrogen and oxygen atoms in total. The van der Waals surface area contributed by atoms with Gasteiger partial charge < -0.3 is 5.32 Å². The third-order valence-electron chi connectivity index (χ3n) is 5.21. The molecule has 1 aliphatic rings. The van der Waals surface area contributed by atoms with Crippen LogP contribution in [0.2, 0.25) is 10.0 Å². The van der Waals surface area contributed by atoms with Gasteiger partial charge in [0, 0.05) is 34.3 Å². The van der Waals surface area contributed by atoms with Crippen molar-refractivity contribution in [1.29, 1.82) is 0 Å². The summed E-state index contributed by atoms with van der Waals surface area (Å²) in [5, 5.41) is 12.6. The van der Waals surface area contributed by atoms with E-state index in [1.165, 1.54) is 15.6 Å². The van der Waals surface area contributed by atoms with E-state index in [1.54, 1.807) is 18.2 Å². The number of aromatic nitrogens is 2. The van der Waals surface area contributed by atoms with Crippen LogP contribution < -0.4 is 5.32 Å². The normalized spacial score (nSPS) is 17.2. The van der Waals surface area contributed by atoms with Gasteiger partial charge in [-0.1, -0.05) is 70.9 Å². The Balaban J connectivity index is 1.42. The lowest BCUT2D eigenvalue weighted by atomic mass is 9.99. The van der Waals surface area contributed by atoms with Gasteiger partial charge in [-0.3, -0.25) is 4.79 Å². The summed E-state index contributed by atoms with van der Waals surface area (Å²) < 4.78 is 27.3. The molecule has 4 rings (SSSR count). The maximum absolute atomic E-state index is 13.0. The van der Waals surface area contributed by atoms with Crippen LogP contribution in [0.3, 0.4) is 0 Å². The topological polar surface area (TPSA) is 92.3 Å². The molecule has 3 aromatic rings. The first kappa shape index (κ1) is 23.1. The van der Waals surface area contributed by atoms with E-state index in [2.05, 4.69) is 15.5 Å². The molecule has 11 heteroatoms. The summed E-state index contributed by atoms with van der Waals surface area (Å²) in [5.74, 6) is -1.06. The van der Waals surface area contributed by atoms with Crippen molar-refractivity contribution in [3.05, 3.63) is 64.1 Å². The Bertz CT molecular complexity index is 1200. The molecule has 1 N–H and O–H groups in total. The number of carbonyl (C=O) groups is 1. The number of anilines is 1. The number of rotatable bonds is 6. The zero-order valence-corrected chi connectivity index (χ0v) is 20.0. The molecule has 1 fully saturated rings. The Morgan fingerprint density at radius 2 is 1.81 bits per heavy atom. The van der Waals surface area contributed by atoms with Crippen molar-refractivity contribution in [2.75, 3.05) is 18.4 Å². The summed E-state index contributed by atoms with van der Waals surface area (Å²) >= 11 is 13.6. The first-order chi connectivity index (χ1) is 15.3. The van der Waals surface area contributed by atoms with Gasteiger partial charge >= 0.3 is 0 Å². The van der Waals surface area contributed by atoms with Gasteiger partial charge in [-0.15, -0.1) is 10.2 Å². The second-order valence-electron chi connectivity index (χ2n) is 7.42. The zero-order valence-electron chi connectivity index (χ0n) is 16.9. The molecule has 1 aliphatic heterocycles. The summed E-state index contributed by atoms with van der Waals surface area (Å²) in [6.07, 6.45) is 1.17. The largest absolute Gasteiger partial charge is 0.300 e. The molecular formula is C21H20Cl2N4O3S2. The number of piperidine rings is 1. The number of hydrogen-bond acceptors (Lipinski definition) is 6. The van der Waals surface area contributed by atoms with Crippen LogP contribution in [0.5, 0.6) is 0 Å². The van der Waals surface area contributed by atoms with Crippen LogP contribution in [0.1, 0.15) is 18.4 Å². The van der Waals surface area contributed by atoms with E-state index in [-0.39, 0.29) is 18.2 Å². The van der Waals surface area contributed by atoms with Crippen molar-refractivity contribution in [1.82, 2.24) is 14.5 Å². The lowest BCUT2D eigenvalue weighted by Crippen LogP contribution is -2.44. The average Bonchev–Trinajstić information content (AvgIpc) is 3.25. The molecule has 0 spiro atoms. The number of nitrogens with zero attached hydrogens (tertiary/aromatic N) is 3. The molecular weight excluding hydrogens is 491 g/mol. The Labute approximate surface area is 200 Å². The summed E-state index contributed by atoms with van der Waals surface area (Å²) in [7, 11) is -3.69. The number of benzene rings is 2. The predicted octanol–water partition coefficient (Wildman–Crippen LogP) is 4.69. The molecule has 1 amide bonds. The summed E-state index contributed by atoms with van der Waals surface area (Å²) in [6, 6.07) is 14.4. The van der Waals surface area contributed by atoms with Gasteiger partial charge in [-0.2, -0.15) is 0 Å². The van der Waals surface area contributed by atoms with Gasteiger partial charge in [-0.05, 0) is 25.0 Å². The molecule has 1 unspecified atom stereocenters. The van der Waals surface area contributed by atoms with Crippen LogP contribution in [0.4, 0.5) is 5.13 Å². The van der Waals surface area contributed by atoms with Crippen LogP contribution in [-0.2, 0) is 20.6 Å². The minimum atomic E-state index is -3.69. The fourth-order valence-electron chi connectivity index (χ4n) is 3.53. The number of amides is 1. The quantitative estimate of drug-likeness (QED) is 0.518. The summed E-state index contributed by atoms with van der Waals surface area (Å²) in [5.41, 5.74) is 1.28. The second kappa shape index (κ2) is 9.84. The van der Waals surface area contributed by atoms with Crippen molar-refractivity contribution in [3.63, 3.8) is 0 Å². The highest BCUT2D eigenvalue weighted by Crippen LogP contribution is 2.30. The highest BCUT2D eigenvalue weighted by atomic mass is 35.5. The van der Waals surface area contributed by atoms with Crippen LogP contribution >= 0.6 is 34.5 Å². The molecule has 0 bridgehead atoms. The van der Waals surface area contributed by atoms with E-state index < -0.39 is 15.9 Å². The number of nitrogens with one attached hydrogen (secondary N) is 1. The van der Waals surface area contributed by atoms with E-state index >= 15 is 0 Å². The predicted molar refractivity (Wildman–Crippen MR) is 127 cm³/mol. The molecule has 2 heterocycles. The maximum atomic E-state index is 13.0. The lowest BCUT2D eigenvalue weighted by Gasteiger charge is -2.31. The second-order valence-corrected chi connectivity index (χ2v) is 11.2. The van der Waals surface area contributed by atoms with Gasteiger partial charge in [0.15, 0.2) is 0 Å².